The van der Waals surface area contributed by atoms with Gasteiger partial charge in [-0.3, -0.25) is 4.79 Å². The lowest BCUT2D eigenvalue weighted by molar-refractivity contribution is -0.121. The first-order chi connectivity index (χ1) is 14.4. The normalized spacial score (nSPS) is 23.5. The van der Waals surface area contributed by atoms with E-state index >= 15 is 0 Å². The van der Waals surface area contributed by atoms with E-state index in [1.807, 2.05) is 0 Å². The summed E-state index contributed by atoms with van der Waals surface area (Å²) in [6.45, 7) is 2.14. The van der Waals surface area contributed by atoms with E-state index in [1.54, 1.807) is 15.9 Å². The van der Waals surface area contributed by atoms with Gasteiger partial charge in [0, 0.05) is 31.6 Å². The molecule has 1 aliphatic carbocycles. The highest BCUT2D eigenvalue weighted by Crippen LogP contribution is 2.53. The van der Waals surface area contributed by atoms with Crippen LogP contribution in [0.15, 0.2) is 29.2 Å². The second-order valence-corrected chi connectivity index (χ2v) is 11.0. The van der Waals surface area contributed by atoms with E-state index in [1.165, 1.54) is 6.07 Å². The Balaban J connectivity index is 1.28. The van der Waals surface area contributed by atoms with E-state index < -0.39 is 20.2 Å². The number of benzene rings is 1. The number of halogens is 3. The highest BCUT2D eigenvalue weighted by atomic mass is 32.2. The summed E-state index contributed by atoms with van der Waals surface area (Å²) in [6, 6.07) is 4.96. The van der Waals surface area contributed by atoms with Crippen molar-refractivity contribution in [3.63, 3.8) is 0 Å². The van der Waals surface area contributed by atoms with E-state index in [9.17, 15) is 31.2 Å². The molecule has 2 N–H and O–H groups in total. The van der Waals surface area contributed by atoms with Gasteiger partial charge in [-0.25, -0.2) is 13.2 Å². The Kier molecular flexibility index (Phi) is 5.22. The smallest absolute Gasteiger partial charge is 0.369 e. The van der Waals surface area contributed by atoms with Crippen LogP contribution in [-0.4, -0.2) is 61.8 Å². The number of alkyl halides is 3. The predicted molar refractivity (Wildman–Crippen MR) is 104 cm³/mol. The van der Waals surface area contributed by atoms with E-state index in [4.69, 9.17) is 5.73 Å². The number of carbonyl (C=O) groups is 2. The monoisotopic (exact) mass is 459 g/mol. The molecule has 4 rings (SSSR count). The molecule has 7 nitrogen and oxygen atoms in total. The summed E-state index contributed by atoms with van der Waals surface area (Å²) in [5.41, 5.74) is 0.594. The van der Waals surface area contributed by atoms with Crippen LogP contribution in [0.5, 0.6) is 0 Å². The number of likely N-dealkylation sites (tertiary alicyclic amines) is 2. The lowest BCUT2D eigenvalue weighted by atomic mass is 9.56. The molecule has 0 bridgehead atoms. The maximum Gasteiger partial charge on any atom is 0.501 e. The molecule has 11 heteroatoms. The predicted octanol–water partition coefficient (Wildman–Crippen LogP) is 2.16. The number of hydrogen-bond acceptors (Lipinski definition) is 4. The molecule has 31 heavy (non-hydrogen) atoms. The van der Waals surface area contributed by atoms with Gasteiger partial charge in [-0.15, -0.1) is 0 Å². The highest BCUT2D eigenvalue weighted by Gasteiger charge is 2.54. The molecular formula is C20H24F3N3O4S. The van der Waals surface area contributed by atoms with Crippen LogP contribution in [0.4, 0.5) is 18.0 Å². The maximum absolute atomic E-state index is 12.8. The van der Waals surface area contributed by atoms with Gasteiger partial charge in [0.15, 0.2) is 0 Å². The molecule has 3 aliphatic rings. The number of urea groups is 1. The molecule has 2 heterocycles. The number of amides is 3. The van der Waals surface area contributed by atoms with Crippen molar-refractivity contribution in [1.29, 1.82) is 0 Å². The molecule has 1 spiro atoms. The number of carbonyl (C=O) groups excluding carboxylic acids is 2. The summed E-state index contributed by atoms with van der Waals surface area (Å²) < 4.78 is 61.5. The Morgan fingerprint density at radius 2 is 1.84 bits per heavy atom. The Labute approximate surface area is 178 Å². The van der Waals surface area contributed by atoms with E-state index in [2.05, 4.69) is 0 Å². The van der Waals surface area contributed by atoms with Crippen LogP contribution in [0.25, 0.3) is 0 Å². The first-order valence-electron chi connectivity index (χ1n) is 10.1. The topological polar surface area (TPSA) is 101 Å². The minimum Gasteiger partial charge on any atom is -0.369 e. The molecule has 3 fully saturated rings. The van der Waals surface area contributed by atoms with Crippen LogP contribution < -0.4 is 5.73 Å². The van der Waals surface area contributed by atoms with Crippen LogP contribution in [0, 0.1) is 17.3 Å². The molecule has 0 aromatic heterocycles. The standard InChI is InChI=1S/C20H24F3N3O4S/c21-20(22,23)31(29,30)16-3-1-2-13(7-16)6-14-8-19(9-14)11-26(12-19)18(28)25-5-4-15(10-25)17(24)27/h1-3,7,14-15H,4-6,8-12H2,(H2,24,27)/t15-/m0/s1. The fourth-order valence-corrected chi connectivity index (χ4v) is 5.97. The molecular weight excluding hydrogens is 435 g/mol. The van der Waals surface area contributed by atoms with Crippen LogP contribution >= 0.6 is 0 Å². The zero-order chi connectivity index (χ0) is 22.6. The molecule has 1 atom stereocenters. The number of sulfone groups is 1. The van der Waals surface area contributed by atoms with Crippen molar-refractivity contribution >= 4 is 21.8 Å². The Bertz CT molecular complexity index is 997. The Morgan fingerprint density at radius 1 is 1.16 bits per heavy atom. The SMILES string of the molecule is NC(=O)[C@H]1CCN(C(=O)N2CC3(CC(Cc4cccc(S(=O)(=O)C(F)(F)F)c4)C3)C2)C1. The quantitative estimate of drug-likeness (QED) is 0.746. The lowest BCUT2D eigenvalue weighted by Crippen LogP contribution is -2.65. The molecule has 3 amide bonds. The minimum absolute atomic E-state index is 0.0405. The van der Waals surface area contributed by atoms with Gasteiger partial charge >= 0.3 is 11.5 Å². The zero-order valence-corrected chi connectivity index (χ0v) is 17.6. The van der Waals surface area contributed by atoms with Gasteiger partial charge in [0.05, 0.1) is 10.8 Å². The first-order valence-corrected chi connectivity index (χ1v) is 11.6. The molecule has 1 aromatic rings. The van der Waals surface area contributed by atoms with Gasteiger partial charge in [0.2, 0.25) is 5.91 Å². The third kappa shape index (κ3) is 3.99. The minimum atomic E-state index is -5.35. The highest BCUT2D eigenvalue weighted by molar-refractivity contribution is 7.92. The second kappa shape index (κ2) is 7.39. The van der Waals surface area contributed by atoms with Crippen molar-refractivity contribution in [3.05, 3.63) is 29.8 Å². The molecule has 2 saturated heterocycles. The molecule has 0 radical (unpaired) electrons. The van der Waals surface area contributed by atoms with Crippen molar-refractivity contribution < 1.29 is 31.2 Å². The molecule has 1 aromatic carbocycles. The number of nitrogens with zero attached hydrogens (tertiary/aromatic N) is 2. The molecule has 1 saturated carbocycles. The maximum atomic E-state index is 12.8. The number of nitrogens with two attached hydrogens (primary N) is 1. The Morgan fingerprint density at radius 3 is 2.42 bits per heavy atom. The zero-order valence-electron chi connectivity index (χ0n) is 16.8. The summed E-state index contributed by atoms with van der Waals surface area (Å²) in [5.74, 6) is -0.430. The van der Waals surface area contributed by atoms with Crippen molar-refractivity contribution in [2.75, 3.05) is 26.2 Å². The fourth-order valence-electron chi connectivity index (χ4n) is 5.14. The summed E-state index contributed by atoms with van der Waals surface area (Å²) in [5, 5.41) is 0. The number of hydrogen-bond donors (Lipinski definition) is 1. The summed E-state index contributed by atoms with van der Waals surface area (Å²) >= 11 is 0. The third-order valence-corrected chi connectivity index (χ3v) is 8.15. The molecule has 170 valence electrons. The molecule has 0 unspecified atom stereocenters. The number of rotatable bonds is 4. The van der Waals surface area contributed by atoms with Crippen molar-refractivity contribution in [2.45, 2.75) is 36.1 Å². The van der Waals surface area contributed by atoms with Crippen molar-refractivity contribution in [3.8, 4) is 0 Å². The number of primary amides is 1. The van der Waals surface area contributed by atoms with Crippen LogP contribution in [-0.2, 0) is 21.1 Å². The Hall–Kier alpha value is -2.30. The summed E-state index contributed by atoms with van der Waals surface area (Å²) in [4.78, 5) is 26.5. The summed E-state index contributed by atoms with van der Waals surface area (Å²) in [7, 11) is -5.35. The summed E-state index contributed by atoms with van der Waals surface area (Å²) in [6.07, 6.45) is 2.78. The third-order valence-electron chi connectivity index (χ3n) is 6.67. The van der Waals surface area contributed by atoms with Gasteiger partial charge in [0.25, 0.3) is 9.84 Å². The van der Waals surface area contributed by atoms with Gasteiger partial charge in [-0.2, -0.15) is 13.2 Å². The first kappa shape index (κ1) is 21.9. The largest absolute Gasteiger partial charge is 0.501 e. The van der Waals surface area contributed by atoms with Crippen molar-refractivity contribution in [2.24, 2.45) is 23.0 Å². The van der Waals surface area contributed by atoms with E-state index in [0.717, 1.165) is 25.0 Å². The van der Waals surface area contributed by atoms with Crippen molar-refractivity contribution in [1.82, 2.24) is 9.80 Å². The van der Waals surface area contributed by atoms with E-state index in [-0.39, 0.29) is 29.2 Å². The van der Waals surface area contributed by atoms with Crippen LogP contribution in [0.1, 0.15) is 24.8 Å². The van der Waals surface area contributed by atoms with E-state index in [0.29, 0.717) is 44.6 Å². The van der Waals surface area contributed by atoms with Gasteiger partial charge in [-0.1, -0.05) is 12.1 Å². The average molecular weight is 459 g/mol. The fraction of sp³-hybridized carbons (Fsp3) is 0.600. The lowest BCUT2D eigenvalue weighted by Gasteiger charge is -2.59. The van der Waals surface area contributed by atoms with Gasteiger partial charge in [-0.05, 0) is 49.3 Å². The van der Waals surface area contributed by atoms with Crippen LogP contribution in [0.3, 0.4) is 0 Å². The van der Waals surface area contributed by atoms with Gasteiger partial charge in [0.1, 0.15) is 0 Å². The van der Waals surface area contributed by atoms with Crippen LogP contribution in [0.2, 0.25) is 0 Å². The van der Waals surface area contributed by atoms with Gasteiger partial charge < -0.3 is 15.5 Å². The average Bonchev–Trinajstić information content (AvgIpc) is 3.12. The molecule has 2 aliphatic heterocycles. The second-order valence-electron chi connectivity index (χ2n) is 9.05.